The summed E-state index contributed by atoms with van der Waals surface area (Å²) < 4.78 is 4.89. The van der Waals surface area contributed by atoms with Crippen molar-refractivity contribution in [3.8, 4) is 0 Å². The minimum absolute atomic E-state index is 0.0181. The fourth-order valence-electron chi connectivity index (χ4n) is 3.50. The Morgan fingerprint density at radius 2 is 1.78 bits per heavy atom. The molecule has 1 atom stereocenters. The van der Waals surface area contributed by atoms with E-state index < -0.39 is 0 Å². The highest BCUT2D eigenvalue weighted by molar-refractivity contribution is 5.81. The lowest BCUT2D eigenvalue weighted by molar-refractivity contribution is -0.148. The molecule has 0 bridgehead atoms. The van der Waals surface area contributed by atoms with Crippen molar-refractivity contribution in [3.05, 3.63) is 35.9 Å². The van der Waals surface area contributed by atoms with E-state index >= 15 is 0 Å². The summed E-state index contributed by atoms with van der Waals surface area (Å²) in [7, 11) is 1.53. The van der Waals surface area contributed by atoms with Gasteiger partial charge in [0.1, 0.15) is 6.61 Å². The zero-order chi connectivity index (χ0) is 16.2. The number of hydrogen-bond acceptors (Lipinski definition) is 3. The molecule has 23 heavy (non-hydrogen) atoms. The molecular weight excluding hydrogens is 292 g/mol. The maximum absolute atomic E-state index is 12.8. The van der Waals surface area contributed by atoms with Gasteiger partial charge in [-0.1, -0.05) is 30.3 Å². The number of likely N-dealkylation sites (tertiary alicyclic amines) is 2. The first-order valence-electron chi connectivity index (χ1n) is 8.33. The van der Waals surface area contributed by atoms with Crippen LogP contribution in [0.15, 0.2) is 30.3 Å². The fraction of sp³-hybridized carbons (Fsp3) is 0.556. The van der Waals surface area contributed by atoms with Gasteiger partial charge in [-0.3, -0.25) is 9.59 Å². The molecular formula is C18H24N2O3. The van der Waals surface area contributed by atoms with Crippen LogP contribution in [0.2, 0.25) is 0 Å². The second-order valence-corrected chi connectivity index (χ2v) is 6.33. The van der Waals surface area contributed by atoms with Crippen molar-refractivity contribution in [1.29, 1.82) is 0 Å². The molecule has 124 valence electrons. The molecule has 2 saturated heterocycles. The number of nitrogens with zero attached hydrogens (tertiary/aromatic N) is 2. The van der Waals surface area contributed by atoms with Crippen LogP contribution in [0.3, 0.4) is 0 Å². The zero-order valence-corrected chi connectivity index (χ0v) is 13.6. The molecule has 2 fully saturated rings. The van der Waals surface area contributed by atoms with Crippen molar-refractivity contribution in [2.24, 2.45) is 5.92 Å². The Morgan fingerprint density at radius 1 is 1.09 bits per heavy atom. The first kappa shape index (κ1) is 16.0. The maximum Gasteiger partial charge on any atom is 0.248 e. The summed E-state index contributed by atoms with van der Waals surface area (Å²) in [4.78, 5) is 28.4. The van der Waals surface area contributed by atoms with Crippen LogP contribution < -0.4 is 0 Å². The summed E-state index contributed by atoms with van der Waals surface area (Å²) in [6.45, 7) is 2.28. The maximum atomic E-state index is 12.8. The van der Waals surface area contributed by atoms with Crippen LogP contribution in [0.25, 0.3) is 0 Å². The summed E-state index contributed by atoms with van der Waals surface area (Å²) in [5.74, 6) is 0.321. The molecule has 5 heteroatoms. The molecule has 2 aliphatic heterocycles. The van der Waals surface area contributed by atoms with Gasteiger partial charge in [0, 0.05) is 32.7 Å². The predicted molar refractivity (Wildman–Crippen MR) is 86.7 cm³/mol. The van der Waals surface area contributed by atoms with Gasteiger partial charge in [0.05, 0.1) is 6.04 Å². The van der Waals surface area contributed by atoms with Gasteiger partial charge in [-0.05, 0) is 24.8 Å². The number of carbonyl (C=O) groups excluding carboxylic acids is 2. The van der Waals surface area contributed by atoms with Crippen LogP contribution in [0, 0.1) is 5.92 Å². The third-order valence-electron chi connectivity index (χ3n) is 4.95. The smallest absolute Gasteiger partial charge is 0.248 e. The Kier molecular flexibility index (Phi) is 4.96. The highest BCUT2D eigenvalue weighted by Crippen LogP contribution is 2.35. The zero-order valence-electron chi connectivity index (χ0n) is 13.6. The second-order valence-electron chi connectivity index (χ2n) is 6.33. The van der Waals surface area contributed by atoms with E-state index in [4.69, 9.17) is 4.74 Å². The van der Waals surface area contributed by atoms with E-state index in [1.165, 1.54) is 12.7 Å². The normalized spacial score (nSPS) is 21.9. The summed E-state index contributed by atoms with van der Waals surface area (Å²) in [6.07, 6.45) is 2.56. The molecule has 1 aromatic rings. The van der Waals surface area contributed by atoms with Crippen molar-refractivity contribution in [2.45, 2.75) is 25.3 Å². The lowest BCUT2D eigenvalue weighted by Gasteiger charge is -2.44. The van der Waals surface area contributed by atoms with Crippen molar-refractivity contribution < 1.29 is 14.3 Å². The van der Waals surface area contributed by atoms with Crippen molar-refractivity contribution in [1.82, 2.24) is 9.80 Å². The summed E-state index contributed by atoms with van der Waals surface area (Å²) in [6, 6.07) is 10.5. The van der Waals surface area contributed by atoms with E-state index in [1.807, 2.05) is 23.1 Å². The number of ether oxygens (including phenoxy) is 1. The van der Waals surface area contributed by atoms with Crippen molar-refractivity contribution in [2.75, 3.05) is 33.4 Å². The molecule has 2 aliphatic rings. The standard InChI is InChI=1S/C18H24N2O3/c1-23-13-17(21)19-10-7-15(8-11-19)18(22)20-12-9-16(20)14-5-3-2-4-6-14/h2-6,15-16H,7-13H2,1H3/t16-/m1/s1. The van der Waals surface area contributed by atoms with Crippen LogP contribution in [-0.2, 0) is 14.3 Å². The molecule has 0 unspecified atom stereocenters. The van der Waals surface area contributed by atoms with Crippen LogP contribution in [-0.4, -0.2) is 55.0 Å². The van der Waals surface area contributed by atoms with Crippen LogP contribution in [0.1, 0.15) is 30.9 Å². The van der Waals surface area contributed by atoms with Gasteiger partial charge in [0.25, 0.3) is 0 Å². The first-order valence-corrected chi connectivity index (χ1v) is 8.33. The van der Waals surface area contributed by atoms with Gasteiger partial charge in [0.15, 0.2) is 0 Å². The van der Waals surface area contributed by atoms with E-state index in [0.717, 1.165) is 25.8 Å². The Labute approximate surface area is 137 Å². The highest BCUT2D eigenvalue weighted by atomic mass is 16.5. The molecule has 0 N–H and O–H groups in total. The number of methoxy groups -OCH3 is 1. The quantitative estimate of drug-likeness (QED) is 0.852. The number of amides is 2. The average molecular weight is 316 g/mol. The van der Waals surface area contributed by atoms with Gasteiger partial charge in [-0.2, -0.15) is 0 Å². The number of carbonyl (C=O) groups is 2. The SMILES string of the molecule is COCC(=O)N1CCC(C(=O)N2CC[C@@H]2c2ccccc2)CC1. The average Bonchev–Trinajstić information content (AvgIpc) is 2.55. The Morgan fingerprint density at radius 3 is 2.35 bits per heavy atom. The Balaban J connectivity index is 1.55. The molecule has 2 amide bonds. The van der Waals surface area contributed by atoms with E-state index in [9.17, 15) is 9.59 Å². The van der Waals surface area contributed by atoms with E-state index in [1.54, 1.807) is 4.90 Å². The Bertz CT molecular complexity index is 553. The molecule has 0 spiro atoms. The number of hydrogen-bond donors (Lipinski definition) is 0. The third kappa shape index (κ3) is 3.39. The van der Waals surface area contributed by atoms with Crippen molar-refractivity contribution in [3.63, 3.8) is 0 Å². The van der Waals surface area contributed by atoms with E-state index in [2.05, 4.69) is 12.1 Å². The third-order valence-corrected chi connectivity index (χ3v) is 4.95. The highest BCUT2D eigenvalue weighted by Gasteiger charge is 2.38. The van der Waals surface area contributed by atoms with Crippen molar-refractivity contribution >= 4 is 11.8 Å². The molecule has 2 heterocycles. The molecule has 1 aromatic carbocycles. The molecule has 0 radical (unpaired) electrons. The Hall–Kier alpha value is -1.88. The molecule has 5 nitrogen and oxygen atoms in total. The van der Waals surface area contributed by atoms with Gasteiger partial charge in [0.2, 0.25) is 11.8 Å². The van der Waals surface area contributed by atoms with Crippen LogP contribution in [0.4, 0.5) is 0 Å². The summed E-state index contributed by atoms with van der Waals surface area (Å²) >= 11 is 0. The topological polar surface area (TPSA) is 49.9 Å². The number of rotatable bonds is 4. The summed E-state index contributed by atoms with van der Waals surface area (Å²) in [5, 5.41) is 0. The lowest BCUT2D eigenvalue weighted by atomic mass is 9.89. The van der Waals surface area contributed by atoms with Crippen LogP contribution in [0.5, 0.6) is 0 Å². The van der Waals surface area contributed by atoms with Gasteiger partial charge in [-0.25, -0.2) is 0 Å². The monoisotopic (exact) mass is 316 g/mol. The number of piperidine rings is 1. The van der Waals surface area contributed by atoms with Gasteiger partial charge in [-0.15, -0.1) is 0 Å². The minimum atomic E-state index is 0.0181. The van der Waals surface area contributed by atoms with E-state index in [-0.39, 0.29) is 30.4 Å². The summed E-state index contributed by atoms with van der Waals surface area (Å²) in [5.41, 5.74) is 1.22. The largest absolute Gasteiger partial charge is 0.375 e. The molecule has 0 saturated carbocycles. The fourth-order valence-corrected chi connectivity index (χ4v) is 3.50. The first-order chi connectivity index (χ1) is 11.2. The van der Waals surface area contributed by atoms with Crippen LogP contribution >= 0.6 is 0 Å². The lowest BCUT2D eigenvalue weighted by Crippen LogP contribution is -2.50. The van der Waals surface area contributed by atoms with Gasteiger partial charge >= 0.3 is 0 Å². The minimum Gasteiger partial charge on any atom is -0.375 e. The molecule has 3 rings (SSSR count). The molecule has 0 aliphatic carbocycles. The second kappa shape index (κ2) is 7.13. The van der Waals surface area contributed by atoms with Gasteiger partial charge < -0.3 is 14.5 Å². The number of benzene rings is 1. The molecule has 0 aromatic heterocycles. The predicted octanol–water partition coefficient (Wildman–Crippen LogP) is 1.84. The van der Waals surface area contributed by atoms with E-state index in [0.29, 0.717) is 13.1 Å².